The van der Waals surface area contributed by atoms with Crippen molar-refractivity contribution in [2.24, 2.45) is 0 Å². The number of hydrogen-bond acceptors (Lipinski definition) is 18. The third-order valence-corrected chi connectivity index (χ3v) is 24.3. The maximum absolute atomic E-state index is 13.5. The van der Waals surface area contributed by atoms with Gasteiger partial charge in [-0.25, -0.2) is 0 Å². The normalized spacial score (nSPS) is 24.6. The van der Waals surface area contributed by atoms with E-state index < -0.39 is 124 Å². The summed E-state index contributed by atoms with van der Waals surface area (Å²) < 4.78 is 34.5. The minimum atomic E-state index is -1.98. The first-order valence-corrected chi connectivity index (χ1v) is 48.9. The van der Waals surface area contributed by atoms with Gasteiger partial charge in [0, 0.05) is 6.42 Å². The van der Waals surface area contributed by atoms with Crippen molar-refractivity contribution in [1.82, 2.24) is 5.32 Å². The molecule has 116 heavy (non-hydrogen) atoms. The second-order valence-electron chi connectivity index (χ2n) is 34.9. The lowest BCUT2D eigenvalue weighted by Gasteiger charge is -2.48. The zero-order valence-corrected chi connectivity index (χ0v) is 74.0. The molecule has 12 N–H and O–H groups in total. The lowest BCUT2D eigenvalue weighted by Crippen LogP contribution is -2.66. The Bertz CT molecular complexity index is 2280. The van der Waals surface area contributed by atoms with E-state index in [0.717, 1.165) is 44.9 Å². The molecule has 0 aromatic carbocycles. The number of amides is 1. The Morgan fingerprint density at radius 3 is 0.862 bits per heavy atom. The third-order valence-electron chi connectivity index (χ3n) is 24.3. The van der Waals surface area contributed by atoms with E-state index >= 15 is 0 Å². The van der Waals surface area contributed by atoms with Gasteiger partial charge in [-0.05, 0) is 70.6 Å². The van der Waals surface area contributed by atoms with Gasteiger partial charge in [-0.1, -0.05) is 403 Å². The number of aliphatic hydroxyl groups is 11. The molecule has 682 valence electrons. The van der Waals surface area contributed by atoms with Gasteiger partial charge < -0.3 is 89.9 Å². The molecule has 3 aliphatic heterocycles. The highest BCUT2D eigenvalue weighted by molar-refractivity contribution is 5.76. The van der Waals surface area contributed by atoms with E-state index in [1.807, 2.05) is 6.08 Å². The van der Waals surface area contributed by atoms with Gasteiger partial charge in [0.15, 0.2) is 18.9 Å². The van der Waals surface area contributed by atoms with Crippen LogP contribution in [0.1, 0.15) is 431 Å². The SMILES string of the molecule is CCCCCCCCCC/C=C\CCCCCCCCCCCCCCCCCCCCCCCCCCCCCC(=O)NC(COC1OC(CO)C(OC2OC(CO)C(OC3OC(CO)C(O)C(O)C3O)C(O)C2O)C(O)C1O)C(O)/C=C/CC/C=C/CC/C=C/CCCCCCCCCCCCCCCCCCCCCCCC. The fourth-order valence-electron chi connectivity index (χ4n) is 16.6. The van der Waals surface area contributed by atoms with Crippen molar-refractivity contribution in [3.05, 3.63) is 48.6 Å². The average Bonchev–Trinajstić information content (AvgIpc) is 0.779. The summed E-state index contributed by atoms with van der Waals surface area (Å²) in [6.07, 6.45) is 74.5. The van der Waals surface area contributed by atoms with E-state index in [9.17, 15) is 61.0 Å². The quantitative estimate of drug-likeness (QED) is 0.0199. The molecule has 0 aromatic heterocycles. The largest absolute Gasteiger partial charge is 0.394 e. The highest BCUT2D eigenvalue weighted by atomic mass is 16.8. The molecule has 3 heterocycles. The summed E-state index contributed by atoms with van der Waals surface area (Å²) >= 11 is 0. The van der Waals surface area contributed by atoms with Gasteiger partial charge in [0.1, 0.15) is 73.2 Å². The van der Waals surface area contributed by atoms with Crippen LogP contribution in [-0.2, 0) is 33.2 Å². The molecule has 3 rings (SSSR count). The number of allylic oxidation sites excluding steroid dienone is 7. The summed E-state index contributed by atoms with van der Waals surface area (Å²) in [5.41, 5.74) is 0. The summed E-state index contributed by atoms with van der Waals surface area (Å²) in [6, 6.07) is -0.999. The highest BCUT2D eigenvalue weighted by Gasteiger charge is 2.54. The molecule has 19 nitrogen and oxygen atoms in total. The summed E-state index contributed by atoms with van der Waals surface area (Å²) in [4.78, 5) is 13.5. The number of unbranched alkanes of at least 4 members (excludes halogenated alkanes) is 59. The second kappa shape index (κ2) is 76.4. The van der Waals surface area contributed by atoms with Gasteiger partial charge in [-0.2, -0.15) is 0 Å². The molecular weight excluding hydrogens is 1470 g/mol. The topological polar surface area (TPSA) is 307 Å². The van der Waals surface area contributed by atoms with E-state index in [-0.39, 0.29) is 18.9 Å². The minimum Gasteiger partial charge on any atom is -0.394 e. The van der Waals surface area contributed by atoms with Crippen LogP contribution in [-0.4, -0.2) is 193 Å². The molecule has 19 heteroatoms. The van der Waals surface area contributed by atoms with Crippen molar-refractivity contribution in [2.75, 3.05) is 26.4 Å². The van der Waals surface area contributed by atoms with E-state index in [1.165, 1.54) is 353 Å². The molecule has 0 aromatic rings. The van der Waals surface area contributed by atoms with Crippen LogP contribution in [0.25, 0.3) is 0 Å². The Morgan fingerprint density at radius 2 is 0.552 bits per heavy atom. The van der Waals surface area contributed by atoms with Gasteiger partial charge >= 0.3 is 0 Å². The molecular formula is C97H181NO18. The fourth-order valence-corrected chi connectivity index (χ4v) is 16.6. The Balaban J connectivity index is 1.30. The van der Waals surface area contributed by atoms with Crippen LogP contribution in [0.5, 0.6) is 0 Å². The first kappa shape index (κ1) is 108. The lowest BCUT2D eigenvalue weighted by molar-refractivity contribution is -0.379. The Kier molecular flexibility index (Phi) is 71.1. The zero-order valence-electron chi connectivity index (χ0n) is 74.0. The molecule has 17 unspecified atom stereocenters. The first-order valence-electron chi connectivity index (χ1n) is 48.9. The number of hydrogen-bond donors (Lipinski definition) is 12. The van der Waals surface area contributed by atoms with Crippen molar-refractivity contribution in [3.63, 3.8) is 0 Å². The average molecular weight is 1650 g/mol. The van der Waals surface area contributed by atoms with Crippen LogP contribution in [0.4, 0.5) is 0 Å². The highest BCUT2D eigenvalue weighted by Crippen LogP contribution is 2.34. The summed E-state index contributed by atoms with van der Waals surface area (Å²) in [7, 11) is 0. The summed E-state index contributed by atoms with van der Waals surface area (Å²) in [6.45, 7) is 1.78. The fraction of sp³-hybridized carbons (Fsp3) is 0.907. The number of ether oxygens (including phenoxy) is 6. The van der Waals surface area contributed by atoms with Crippen LogP contribution >= 0.6 is 0 Å². The van der Waals surface area contributed by atoms with Crippen molar-refractivity contribution in [1.29, 1.82) is 0 Å². The molecule has 0 spiro atoms. The Hall–Kier alpha value is -2.25. The lowest BCUT2D eigenvalue weighted by atomic mass is 9.96. The van der Waals surface area contributed by atoms with Crippen LogP contribution in [0, 0.1) is 0 Å². The van der Waals surface area contributed by atoms with E-state index in [0.29, 0.717) is 12.8 Å². The Labute approximate surface area is 707 Å². The third kappa shape index (κ3) is 53.7. The van der Waals surface area contributed by atoms with Crippen LogP contribution < -0.4 is 5.32 Å². The van der Waals surface area contributed by atoms with Crippen molar-refractivity contribution in [2.45, 2.75) is 535 Å². The zero-order chi connectivity index (χ0) is 83.8. The Morgan fingerprint density at radius 1 is 0.302 bits per heavy atom. The first-order chi connectivity index (χ1) is 56.8. The van der Waals surface area contributed by atoms with Crippen LogP contribution in [0.2, 0.25) is 0 Å². The summed E-state index contributed by atoms with van der Waals surface area (Å²) in [5, 5.41) is 121. The predicted octanol–water partition coefficient (Wildman–Crippen LogP) is 19.9. The number of rotatable bonds is 81. The monoisotopic (exact) mass is 1650 g/mol. The molecule has 3 saturated heterocycles. The van der Waals surface area contributed by atoms with Gasteiger partial charge in [0.2, 0.25) is 5.91 Å². The molecule has 3 fully saturated rings. The number of carbonyl (C=O) groups is 1. The van der Waals surface area contributed by atoms with E-state index in [1.54, 1.807) is 6.08 Å². The van der Waals surface area contributed by atoms with Crippen molar-refractivity contribution < 1.29 is 89.4 Å². The molecule has 0 radical (unpaired) electrons. The molecule has 3 aliphatic rings. The molecule has 0 bridgehead atoms. The van der Waals surface area contributed by atoms with E-state index in [2.05, 4.69) is 55.6 Å². The van der Waals surface area contributed by atoms with Crippen LogP contribution in [0.15, 0.2) is 48.6 Å². The maximum atomic E-state index is 13.5. The molecule has 17 atom stereocenters. The van der Waals surface area contributed by atoms with Gasteiger partial charge in [0.05, 0.1) is 38.6 Å². The standard InChI is InChI=1S/C97H181NO18/c1-3-5-7-9-11-13-15-17-19-21-23-25-27-29-31-33-35-37-38-39-40-41-42-43-45-47-49-51-53-55-57-59-61-63-65-67-69-71-73-75-85(103)98-80(81(102)74-72-70-68-66-64-62-60-58-56-54-52-50-48-46-44-36-34-32-30-28-26-24-22-20-18-16-14-12-10-8-6-4-2)79-111-95-91(109)88(106)93(83(77-100)113-95)116-97-92(110)89(107)94(84(78-101)114-97)115-96-90(108)87(105)86(104)82(76-99)112-96/h21,23,56,58,64,66,72,74,80-84,86-97,99-102,104-110H,3-20,22,24-55,57,59-63,65,67-71,73,75-79H2,1-2H3,(H,98,103)/b23-21-,58-56+,66-64+,74-72+. The van der Waals surface area contributed by atoms with Crippen molar-refractivity contribution >= 4 is 5.91 Å². The van der Waals surface area contributed by atoms with Gasteiger partial charge in [-0.15, -0.1) is 0 Å². The van der Waals surface area contributed by atoms with Crippen LogP contribution in [0.3, 0.4) is 0 Å². The number of nitrogens with one attached hydrogen (secondary N) is 1. The molecule has 1 amide bonds. The molecule has 0 saturated carbocycles. The minimum absolute atomic E-state index is 0.236. The van der Waals surface area contributed by atoms with Crippen molar-refractivity contribution in [3.8, 4) is 0 Å². The van der Waals surface area contributed by atoms with Gasteiger partial charge in [0.25, 0.3) is 0 Å². The smallest absolute Gasteiger partial charge is 0.220 e. The predicted molar refractivity (Wildman–Crippen MR) is 471 cm³/mol. The molecule has 0 aliphatic carbocycles. The summed E-state index contributed by atoms with van der Waals surface area (Å²) in [5.74, 6) is -0.281. The maximum Gasteiger partial charge on any atom is 0.220 e. The van der Waals surface area contributed by atoms with Gasteiger partial charge in [-0.3, -0.25) is 4.79 Å². The number of aliphatic hydroxyl groups excluding tert-OH is 11. The second-order valence-corrected chi connectivity index (χ2v) is 34.9. The van der Waals surface area contributed by atoms with E-state index in [4.69, 9.17) is 28.4 Å². The number of carbonyl (C=O) groups excluding carboxylic acids is 1.